The standard InChI is InChI=1S/C10H14N2O3/c1-6-10(7(2)12(3)11-6)8(13)4-5-9(14)15/h4-5H2,1-3H3,(H,14,15). The first kappa shape index (κ1) is 11.4. The number of carboxylic acids is 1. The summed E-state index contributed by atoms with van der Waals surface area (Å²) in [6.07, 6.45) is -0.102. The predicted molar refractivity (Wildman–Crippen MR) is 53.9 cm³/mol. The van der Waals surface area contributed by atoms with Crippen LogP contribution in [0.25, 0.3) is 0 Å². The van der Waals surface area contributed by atoms with Crippen LogP contribution in [0, 0.1) is 13.8 Å². The Hall–Kier alpha value is -1.65. The second-order valence-electron chi connectivity index (χ2n) is 3.49. The Balaban J connectivity index is 2.86. The fourth-order valence-electron chi connectivity index (χ4n) is 1.52. The van der Waals surface area contributed by atoms with Gasteiger partial charge in [0.25, 0.3) is 0 Å². The first-order valence-corrected chi connectivity index (χ1v) is 4.68. The van der Waals surface area contributed by atoms with Crippen LogP contribution in [0.15, 0.2) is 0 Å². The number of aliphatic carboxylic acids is 1. The summed E-state index contributed by atoms with van der Waals surface area (Å²) in [6, 6.07) is 0. The second kappa shape index (κ2) is 4.25. The van der Waals surface area contributed by atoms with Crippen LogP contribution in [0.4, 0.5) is 0 Å². The van der Waals surface area contributed by atoms with E-state index in [4.69, 9.17) is 5.11 Å². The number of carboxylic acid groups (broad SMARTS) is 1. The molecule has 5 heteroatoms. The smallest absolute Gasteiger partial charge is 0.303 e. The number of hydrogen-bond donors (Lipinski definition) is 1. The van der Waals surface area contributed by atoms with E-state index in [0.717, 1.165) is 5.69 Å². The van der Waals surface area contributed by atoms with Gasteiger partial charge in [0.05, 0.1) is 17.7 Å². The molecule has 0 bridgehead atoms. The second-order valence-corrected chi connectivity index (χ2v) is 3.49. The average molecular weight is 210 g/mol. The van der Waals surface area contributed by atoms with Crippen molar-refractivity contribution >= 4 is 11.8 Å². The Labute approximate surface area is 87.7 Å². The largest absolute Gasteiger partial charge is 0.481 e. The van der Waals surface area contributed by atoms with Gasteiger partial charge in [-0.15, -0.1) is 0 Å². The highest BCUT2D eigenvalue weighted by Crippen LogP contribution is 2.14. The zero-order valence-corrected chi connectivity index (χ0v) is 9.07. The summed E-state index contributed by atoms with van der Waals surface area (Å²) >= 11 is 0. The van der Waals surface area contributed by atoms with Gasteiger partial charge in [-0.1, -0.05) is 0 Å². The van der Waals surface area contributed by atoms with Gasteiger partial charge in [-0.05, 0) is 13.8 Å². The van der Waals surface area contributed by atoms with Crippen molar-refractivity contribution in [3.63, 3.8) is 0 Å². The molecule has 0 radical (unpaired) electrons. The van der Waals surface area contributed by atoms with E-state index in [1.807, 2.05) is 0 Å². The van der Waals surface area contributed by atoms with E-state index in [-0.39, 0.29) is 18.6 Å². The highest BCUT2D eigenvalue weighted by atomic mass is 16.4. The molecule has 82 valence electrons. The molecule has 0 aromatic carbocycles. The molecule has 15 heavy (non-hydrogen) atoms. The third-order valence-electron chi connectivity index (χ3n) is 2.35. The van der Waals surface area contributed by atoms with Gasteiger partial charge in [-0.25, -0.2) is 0 Å². The zero-order chi connectivity index (χ0) is 11.6. The van der Waals surface area contributed by atoms with Crippen molar-refractivity contribution in [2.45, 2.75) is 26.7 Å². The summed E-state index contributed by atoms with van der Waals surface area (Å²) in [5.41, 5.74) is 1.99. The number of ketones is 1. The van der Waals surface area contributed by atoms with Crippen molar-refractivity contribution in [2.24, 2.45) is 7.05 Å². The van der Waals surface area contributed by atoms with E-state index in [9.17, 15) is 9.59 Å². The van der Waals surface area contributed by atoms with Crippen LogP contribution in [0.3, 0.4) is 0 Å². The highest BCUT2D eigenvalue weighted by molar-refractivity contribution is 5.99. The molecule has 5 nitrogen and oxygen atoms in total. The van der Waals surface area contributed by atoms with Crippen molar-refractivity contribution in [3.05, 3.63) is 17.0 Å². The van der Waals surface area contributed by atoms with Crippen molar-refractivity contribution in [1.29, 1.82) is 0 Å². The minimum Gasteiger partial charge on any atom is -0.481 e. The molecule has 0 saturated heterocycles. The molecule has 1 N–H and O–H groups in total. The molecule has 0 amide bonds. The van der Waals surface area contributed by atoms with E-state index in [0.29, 0.717) is 11.3 Å². The molecule has 0 atom stereocenters. The van der Waals surface area contributed by atoms with E-state index < -0.39 is 5.97 Å². The van der Waals surface area contributed by atoms with Crippen LogP contribution < -0.4 is 0 Å². The van der Waals surface area contributed by atoms with Crippen molar-refractivity contribution in [2.75, 3.05) is 0 Å². The molecule has 0 aliphatic heterocycles. The van der Waals surface area contributed by atoms with Crippen LogP contribution in [-0.4, -0.2) is 26.6 Å². The van der Waals surface area contributed by atoms with Gasteiger partial charge in [0.1, 0.15) is 0 Å². The SMILES string of the molecule is Cc1nn(C)c(C)c1C(=O)CCC(=O)O. The van der Waals surface area contributed by atoms with E-state index >= 15 is 0 Å². The highest BCUT2D eigenvalue weighted by Gasteiger charge is 2.17. The molecule has 0 unspecified atom stereocenters. The molecule has 0 aliphatic rings. The number of rotatable bonds is 4. The van der Waals surface area contributed by atoms with Crippen LogP contribution >= 0.6 is 0 Å². The van der Waals surface area contributed by atoms with Gasteiger partial charge >= 0.3 is 5.97 Å². The summed E-state index contributed by atoms with van der Waals surface area (Å²) in [4.78, 5) is 22.0. The summed E-state index contributed by atoms with van der Waals surface area (Å²) in [5.74, 6) is -1.11. The molecule has 0 spiro atoms. The van der Waals surface area contributed by atoms with Gasteiger partial charge in [0.2, 0.25) is 0 Å². The lowest BCUT2D eigenvalue weighted by Crippen LogP contribution is -2.06. The average Bonchev–Trinajstić information content (AvgIpc) is 2.37. The number of aromatic nitrogens is 2. The minimum atomic E-state index is -0.956. The predicted octanol–water partition coefficient (Wildman–Crippen LogP) is 1.08. The van der Waals surface area contributed by atoms with Gasteiger partial charge in [0.15, 0.2) is 5.78 Å². The van der Waals surface area contributed by atoms with Crippen LogP contribution in [0.5, 0.6) is 0 Å². The quantitative estimate of drug-likeness (QED) is 0.755. The Kier molecular flexibility index (Phi) is 3.24. The molecule has 1 rings (SSSR count). The van der Waals surface area contributed by atoms with Crippen LogP contribution in [0.1, 0.15) is 34.6 Å². The Morgan fingerprint density at radius 1 is 1.33 bits per heavy atom. The third-order valence-corrected chi connectivity index (χ3v) is 2.35. The maximum Gasteiger partial charge on any atom is 0.303 e. The minimum absolute atomic E-state index is 0.0305. The maximum atomic E-state index is 11.7. The molecule has 1 aromatic rings. The number of nitrogens with zero attached hydrogens (tertiary/aromatic N) is 2. The fraction of sp³-hybridized carbons (Fsp3) is 0.500. The van der Waals surface area contributed by atoms with Crippen molar-refractivity contribution in [3.8, 4) is 0 Å². The zero-order valence-electron chi connectivity index (χ0n) is 9.07. The number of carbonyl (C=O) groups is 2. The normalized spacial score (nSPS) is 10.3. The molecule has 0 aliphatic carbocycles. The summed E-state index contributed by atoms with van der Waals surface area (Å²) in [5, 5.41) is 12.6. The fourth-order valence-corrected chi connectivity index (χ4v) is 1.52. The van der Waals surface area contributed by atoms with E-state index in [1.54, 1.807) is 25.6 Å². The summed E-state index contributed by atoms with van der Waals surface area (Å²) < 4.78 is 1.63. The van der Waals surface area contributed by atoms with Gasteiger partial charge < -0.3 is 5.11 Å². The van der Waals surface area contributed by atoms with Gasteiger partial charge in [0, 0.05) is 19.2 Å². The molecule has 0 saturated carbocycles. The van der Waals surface area contributed by atoms with Gasteiger partial charge in [-0.2, -0.15) is 5.10 Å². The Morgan fingerprint density at radius 2 is 1.93 bits per heavy atom. The molecule has 1 heterocycles. The van der Waals surface area contributed by atoms with Crippen molar-refractivity contribution in [1.82, 2.24) is 9.78 Å². The first-order valence-electron chi connectivity index (χ1n) is 4.68. The van der Waals surface area contributed by atoms with E-state index in [2.05, 4.69) is 5.10 Å². The lowest BCUT2D eigenvalue weighted by atomic mass is 10.1. The molecule has 1 aromatic heterocycles. The van der Waals surface area contributed by atoms with Gasteiger partial charge in [-0.3, -0.25) is 14.3 Å². The van der Waals surface area contributed by atoms with E-state index in [1.165, 1.54) is 0 Å². The third kappa shape index (κ3) is 2.43. The summed E-state index contributed by atoms with van der Waals surface area (Å²) in [6.45, 7) is 3.55. The Morgan fingerprint density at radius 3 is 2.33 bits per heavy atom. The van der Waals surface area contributed by atoms with Crippen LogP contribution in [0.2, 0.25) is 0 Å². The van der Waals surface area contributed by atoms with Crippen LogP contribution in [-0.2, 0) is 11.8 Å². The number of aryl methyl sites for hydroxylation is 2. The number of carbonyl (C=O) groups excluding carboxylic acids is 1. The Bertz CT molecular complexity index is 407. The lowest BCUT2D eigenvalue weighted by Gasteiger charge is -1.99. The number of Topliss-reactive ketones (excluding diaryl/α,β-unsaturated/α-hetero) is 1. The monoisotopic (exact) mass is 210 g/mol. The topological polar surface area (TPSA) is 72.2 Å². The van der Waals surface area contributed by atoms with Crippen molar-refractivity contribution < 1.29 is 14.7 Å². The first-order chi connectivity index (χ1) is 6.93. The maximum absolute atomic E-state index is 11.7. The molecular formula is C10H14N2O3. The molecular weight excluding hydrogens is 196 g/mol. The summed E-state index contributed by atoms with van der Waals surface area (Å²) in [7, 11) is 1.76. The lowest BCUT2D eigenvalue weighted by molar-refractivity contribution is -0.136. The molecule has 0 fully saturated rings. The number of hydrogen-bond acceptors (Lipinski definition) is 3.